The van der Waals surface area contributed by atoms with Crippen LogP contribution in [0.3, 0.4) is 0 Å². The van der Waals surface area contributed by atoms with Crippen LogP contribution in [-0.4, -0.2) is 0 Å². The minimum atomic E-state index is -2.57. The van der Waals surface area contributed by atoms with Gasteiger partial charge in [0.05, 0.1) is 0 Å². The van der Waals surface area contributed by atoms with Crippen LogP contribution in [-0.2, 0) is 0 Å². The number of halogens is 10. The summed E-state index contributed by atoms with van der Waals surface area (Å²) in [5, 5.41) is 0. The summed E-state index contributed by atoms with van der Waals surface area (Å²) < 4.78 is 140. The molecule has 0 N–H and O–H groups in total. The van der Waals surface area contributed by atoms with Gasteiger partial charge in [-0.2, -0.15) is 0 Å². The van der Waals surface area contributed by atoms with Crippen molar-refractivity contribution in [2.75, 3.05) is 4.90 Å². The van der Waals surface area contributed by atoms with E-state index in [2.05, 4.69) is 0 Å². The first kappa shape index (κ1) is 21.5. The van der Waals surface area contributed by atoms with Gasteiger partial charge in [0, 0.05) is 5.69 Å². The first-order valence-corrected chi connectivity index (χ1v) is 7.89. The normalized spacial score (nSPS) is 11.2. The lowest BCUT2D eigenvalue weighted by Gasteiger charge is -2.28. The van der Waals surface area contributed by atoms with Crippen LogP contribution in [0.2, 0.25) is 0 Å². The largest absolute Gasteiger partial charge is 0.299 e. The van der Waals surface area contributed by atoms with Gasteiger partial charge in [-0.1, -0.05) is 18.2 Å². The van der Waals surface area contributed by atoms with Gasteiger partial charge in [0.15, 0.2) is 46.5 Å². The molecule has 3 rings (SSSR count). The van der Waals surface area contributed by atoms with E-state index >= 15 is 0 Å². The highest BCUT2D eigenvalue weighted by Crippen LogP contribution is 2.44. The first-order valence-electron chi connectivity index (χ1n) is 7.89. The number of rotatable bonds is 3. The average Bonchev–Trinajstić information content (AvgIpc) is 2.73. The van der Waals surface area contributed by atoms with Gasteiger partial charge in [-0.3, -0.25) is 4.90 Å². The van der Waals surface area contributed by atoms with Crippen molar-refractivity contribution in [1.29, 1.82) is 0 Å². The molecule has 1 nitrogen and oxygen atoms in total. The van der Waals surface area contributed by atoms with Crippen molar-refractivity contribution in [3.63, 3.8) is 0 Å². The molecule has 0 radical (unpaired) electrons. The number of anilines is 3. The van der Waals surface area contributed by atoms with Crippen LogP contribution in [0, 0.1) is 65.1 Å². The standard InChI is InChI=1S/C19H7F10N/c1-6-4-2-3-5-7(6)30(18-14(26)10(22)8(20)11(23)15(18)27)19-16(28)12(24)9(21)13(25)17(19)29/h2-5H,1H3. The van der Waals surface area contributed by atoms with Crippen LogP contribution >= 0.6 is 0 Å². The summed E-state index contributed by atoms with van der Waals surface area (Å²) in [5.74, 6) is -25.2. The molecule has 0 heterocycles. The maximum absolute atomic E-state index is 14.4. The van der Waals surface area contributed by atoms with Crippen molar-refractivity contribution < 1.29 is 43.9 Å². The van der Waals surface area contributed by atoms with E-state index in [1.807, 2.05) is 0 Å². The molecule has 0 saturated heterocycles. The van der Waals surface area contributed by atoms with Crippen LogP contribution < -0.4 is 4.90 Å². The van der Waals surface area contributed by atoms with E-state index in [1.165, 1.54) is 19.1 Å². The summed E-state index contributed by atoms with van der Waals surface area (Å²) in [7, 11) is 0. The van der Waals surface area contributed by atoms with Crippen molar-refractivity contribution in [3.8, 4) is 0 Å². The minimum absolute atomic E-state index is 0.0506. The number of hydrogen-bond donors (Lipinski definition) is 0. The molecule has 0 aliphatic heterocycles. The lowest BCUT2D eigenvalue weighted by molar-refractivity contribution is 0.375. The molecule has 0 unspecified atom stereocenters. The second kappa shape index (κ2) is 7.54. The molecule has 0 atom stereocenters. The average molecular weight is 439 g/mol. The third-order valence-electron chi connectivity index (χ3n) is 4.18. The van der Waals surface area contributed by atoms with Gasteiger partial charge in [0.25, 0.3) is 0 Å². The number of benzene rings is 3. The summed E-state index contributed by atoms with van der Waals surface area (Å²) in [6.07, 6.45) is 0. The molecule has 0 amide bonds. The maximum Gasteiger partial charge on any atom is 0.200 e. The van der Waals surface area contributed by atoms with Gasteiger partial charge in [-0.25, -0.2) is 43.9 Å². The lowest BCUT2D eigenvalue weighted by Crippen LogP contribution is -2.22. The molecule has 0 aliphatic carbocycles. The first-order chi connectivity index (χ1) is 14.0. The third kappa shape index (κ3) is 3.04. The number of para-hydroxylation sites is 1. The molecule has 30 heavy (non-hydrogen) atoms. The fourth-order valence-electron chi connectivity index (χ4n) is 2.75. The van der Waals surface area contributed by atoms with Crippen LogP contribution in [0.1, 0.15) is 5.56 Å². The van der Waals surface area contributed by atoms with Gasteiger partial charge in [-0.05, 0) is 18.6 Å². The Kier molecular flexibility index (Phi) is 5.40. The predicted octanol–water partition coefficient (Wildman–Crippen LogP) is 6.86. The summed E-state index contributed by atoms with van der Waals surface area (Å²) in [4.78, 5) is -0.248. The SMILES string of the molecule is Cc1ccccc1N(c1c(F)c(F)c(F)c(F)c1F)c1c(F)c(F)c(F)c(F)c1F. The Labute approximate surface area is 161 Å². The lowest BCUT2D eigenvalue weighted by atomic mass is 10.1. The quantitative estimate of drug-likeness (QED) is 0.245. The Hall–Kier alpha value is -3.24. The summed E-state index contributed by atoms with van der Waals surface area (Å²) in [5.41, 5.74) is -4.51. The van der Waals surface area contributed by atoms with Crippen LogP contribution in [0.4, 0.5) is 61.0 Å². The fraction of sp³-hybridized carbons (Fsp3) is 0.0526. The molecule has 0 spiro atoms. The number of aryl methyl sites for hydroxylation is 1. The van der Waals surface area contributed by atoms with E-state index in [0.29, 0.717) is 0 Å². The summed E-state index contributed by atoms with van der Waals surface area (Å²) in [6, 6.07) is 4.62. The fourth-order valence-corrected chi connectivity index (χ4v) is 2.75. The molecule has 0 saturated carbocycles. The minimum Gasteiger partial charge on any atom is -0.299 e. The summed E-state index contributed by atoms with van der Waals surface area (Å²) in [6.45, 7) is 1.21. The van der Waals surface area contributed by atoms with Crippen LogP contribution in [0.25, 0.3) is 0 Å². The molecule has 0 aromatic heterocycles. The molecular formula is C19H7F10N. The smallest absolute Gasteiger partial charge is 0.200 e. The Bertz CT molecular complexity index is 1050. The molecular weight excluding hydrogens is 432 g/mol. The monoisotopic (exact) mass is 439 g/mol. The van der Waals surface area contributed by atoms with E-state index in [9.17, 15) is 43.9 Å². The molecule has 3 aromatic rings. The Balaban J connectivity index is 2.55. The van der Waals surface area contributed by atoms with E-state index in [0.717, 1.165) is 12.1 Å². The number of hydrogen-bond acceptors (Lipinski definition) is 1. The predicted molar refractivity (Wildman–Crippen MR) is 85.4 cm³/mol. The molecule has 11 heteroatoms. The van der Waals surface area contributed by atoms with Gasteiger partial charge >= 0.3 is 0 Å². The number of nitrogens with zero attached hydrogens (tertiary/aromatic N) is 1. The van der Waals surface area contributed by atoms with Gasteiger partial charge in [0.1, 0.15) is 11.4 Å². The Morgan fingerprint density at radius 3 is 1.10 bits per heavy atom. The van der Waals surface area contributed by atoms with E-state index < -0.39 is 75.2 Å². The maximum atomic E-state index is 14.4. The van der Waals surface area contributed by atoms with E-state index in [4.69, 9.17) is 0 Å². The molecule has 0 aliphatic rings. The topological polar surface area (TPSA) is 3.24 Å². The Morgan fingerprint density at radius 2 is 0.767 bits per heavy atom. The Morgan fingerprint density at radius 1 is 0.467 bits per heavy atom. The highest BCUT2D eigenvalue weighted by Gasteiger charge is 2.36. The second-order valence-electron chi connectivity index (χ2n) is 5.96. The van der Waals surface area contributed by atoms with Crippen LogP contribution in [0.15, 0.2) is 24.3 Å². The highest BCUT2D eigenvalue weighted by atomic mass is 19.2. The summed E-state index contributed by atoms with van der Waals surface area (Å²) >= 11 is 0. The second-order valence-corrected chi connectivity index (χ2v) is 5.96. The molecule has 0 bridgehead atoms. The highest BCUT2D eigenvalue weighted by molar-refractivity contribution is 5.80. The van der Waals surface area contributed by atoms with E-state index in [1.54, 1.807) is 0 Å². The van der Waals surface area contributed by atoms with Crippen molar-refractivity contribution in [2.24, 2.45) is 0 Å². The zero-order valence-corrected chi connectivity index (χ0v) is 14.5. The molecule has 158 valence electrons. The van der Waals surface area contributed by atoms with Crippen LogP contribution in [0.5, 0.6) is 0 Å². The van der Waals surface area contributed by atoms with Crippen molar-refractivity contribution >= 4 is 17.1 Å². The van der Waals surface area contributed by atoms with Crippen molar-refractivity contribution in [1.82, 2.24) is 0 Å². The third-order valence-corrected chi connectivity index (χ3v) is 4.18. The molecule has 0 fully saturated rings. The van der Waals surface area contributed by atoms with Crippen molar-refractivity contribution in [3.05, 3.63) is 88.0 Å². The zero-order chi connectivity index (χ0) is 22.5. The van der Waals surface area contributed by atoms with Gasteiger partial charge in [0.2, 0.25) is 11.6 Å². The van der Waals surface area contributed by atoms with Gasteiger partial charge < -0.3 is 0 Å². The zero-order valence-electron chi connectivity index (χ0n) is 14.5. The molecule has 3 aromatic carbocycles. The van der Waals surface area contributed by atoms with Gasteiger partial charge in [-0.15, -0.1) is 0 Å². The van der Waals surface area contributed by atoms with Crippen molar-refractivity contribution in [2.45, 2.75) is 6.92 Å². The van der Waals surface area contributed by atoms with E-state index in [-0.39, 0.29) is 10.5 Å².